The molecule has 0 aliphatic carbocycles. The fourth-order valence-corrected chi connectivity index (χ4v) is 4.31. The van der Waals surface area contributed by atoms with E-state index in [-0.39, 0.29) is 0 Å². The third-order valence-corrected chi connectivity index (χ3v) is 6.53. The molecule has 3 aromatic rings. The van der Waals surface area contributed by atoms with Crippen LogP contribution in [0.25, 0.3) is 17.2 Å². The minimum atomic E-state index is 0.450. The van der Waals surface area contributed by atoms with Crippen LogP contribution in [0.3, 0.4) is 0 Å². The number of hydrogen-bond acceptors (Lipinski definition) is 2. The van der Waals surface area contributed by atoms with Crippen LogP contribution in [-0.2, 0) is 0 Å². The van der Waals surface area contributed by atoms with E-state index in [1.807, 2.05) is 0 Å². The van der Waals surface area contributed by atoms with Gasteiger partial charge in [0.05, 0.1) is 0 Å². The van der Waals surface area contributed by atoms with Gasteiger partial charge in [-0.05, 0) is 41.3 Å². The van der Waals surface area contributed by atoms with Crippen LogP contribution >= 0.6 is 15.9 Å². The second kappa shape index (κ2) is 10.2. The van der Waals surface area contributed by atoms with E-state index in [9.17, 15) is 0 Å². The van der Waals surface area contributed by atoms with Crippen molar-refractivity contribution in [3.05, 3.63) is 101 Å². The highest BCUT2D eigenvalue weighted by Gasteiger charge is 2.21. The Bertz CT molecular complexity index is 940. The third-order valence-electron chi connectivity index (χ3n) is 6.00. The van der Waals surface area contributed by atoms with Gasteiger partial charge >= 0.3 is 0 Å². The number of nitrogens with zero attached hydrogens (tertiary/aromatic N) is 2. The first-order valence-electron chi connectivity index (χ1n) is 10.7. The van der Waals surface area contributed by atoms with Gasteiger partial charge in [-0.2, -0.15) is 0 Å². The normalized spacial score (nSPS) is 16.7. The van der Waals surface area contributed by atoms with Crippen LogP contribution in [0.5, 0.6) is 0 Å². The molecule has 0 saturated carbocycles. The largest absolute Gasteiger partial charge is 0.297 e. The topological polar surface area (TPSA) is 6.48 Å². The molecule has 1 heterocycles. The average Bonchev–Trinajstić information content (AvgIpc) is 2.80. The first-order chi connectivity index (χ1) is 14.7. The smallest absolute Gasteiger partial charge is 0.0320 e. The van der Waals surface area contributed by atoms with Crippen molar-refractivity contribution in [1.29, 1.82) is 0 Å². The number of hydrogen-bond donors (Lipinski definition) is 0. The highest BCUT2D eigenvalue weighted by molar-refractivity contribution is 9.10. The van der Waals surface area contributed by atoms with Crippen molar-refractivity contribution >= 4 is 22.0 Å². The van der Waals surface area contributed by atoms with Gasteiger partial charge in [0.2, 0.25) is 0 Å². The van der Waals surface area contributed by atoms with E-state index in [1.165, 1.54) is 22.3 Å². The van der Waals surface area contributed by atoms with E-state index < -0.39 is 0 Å². The molecule has 0 spiro atoms. The lowest BCUT2D eigenvalue weighted by Gasteiger charge is -2.38. The molecule has 0 radical (unpaired) electrons. The molecule has 1 aliphatic heterocycles. The van der Waals surface area contributed by atoms with Gasteiger partial charge in [-0.25, -0.2) is 0 Å². The summed E-state index contributed by atoms with van der Waals surface area (Å²) in [7, 11) is 0. The Labute approximate surface area is 189 Å². The molecule has 4 rings (SSSR count). The minimum absolute atomic E-state index is 0.450. The Kier molecular flexibility index (Phi) is 7.16. The van der Waals surface area contributed by atoms with E-state index >= 15 is 0 Å². The first-order valence-corrected chi connectivity index (χ1v) is 11.5. The summed E-state index contributed by atoms with van der Waals surface area (Å²) >= 11 is 3.51. The van der Waals surface area contributed by atoms with E-state index in [0.717, 1.165) is 37.2 Å². The van der Waals surface area contributed by atoms with Crippen molar-refractivity contribution in [2.24, 2.45) is 0 Å². The molecule has 0 N–H and O–H groups in total. The van der Waals surface area contributed by atoms with Crippen molar-refractivity contribution in [1.82, 2.24) is 9.80 Å². The molecule has 3 heteroatoms. The quantitative estimate of drug-likeness (QED) is 0.413. The van der Waals surface area contributed by atoms with Gasteiger partial charge in [0.15, 0.2) is 0 Å². The van der Waals surface area contributed by atoms with Crippen LogP contribution in [0.4, 0.5) is 0 Å². The maximum Gasteiger partial charge on any atom is 0.0320 e. The minimum Gasteiger partial charge on any atom is -0.297 e. The van der Waals surface area contributed by atoms with Crippen LogP contribution in [0.1, 0.15) is 24.1 Å². The van der Waals surface area contributed by atoms with Gasteiger partial charge in [0.1, 0.15) is 0 Å². The second-order valence-corrected chi connectivity index (χ2v) is 8.87. The molecule has 3 aromatic carbocycles. The number of benzene rings is 3. The molecule has 1 unspecified atom stereocenters. The number of halogens is 1. The van der Waals surface area contributed by atoms with Crippen LogP contribution < -0.4 is 0 Å². The lowest BCUT2D eigenvalue weighted by Crippen LogP contribution is -2.47. The number of piperazine rings is 1. The summed E-state index contributed by atoms with van der Waals surface area (Å²) < 4.78 is 1.12. The van der Waals surface area contributed by atoms with E-state index in [1.54, 1.807) is 0 Å². The molecule has 0 bridgehead atoms. The highest BCUT2D eigenvalue weighted by Crippen LogP contribution is 2.26. The Morgan fingerprint density at radius 3 is 2.03 bits per heavy atom. The van der Waals surface area contributed by atoms with Crippen molar-refractivity contribution in [3.63, 3.8) is 0 Å². The fourth-order valence-electron chi connectivity index (χ4n) is 4.04. The summed E-state index contributed by atoms with van der Waals surface area (Å²) in [6.45, 7) is 7.85. The van der Waals surface area contributed by atoms with Crippen LogP contribution in [0.2, 0.25) is 0 Å². The van der Waals surface area contributed by atoms with Crippen LogP contribution in [-0.4, -0.2) is 42.5 Å². The van der Waals surface area contributed by atoms with E-state index in [4.69, 9.17) is 0 Å². The molecule has 0 aromatic heterocycles. The summed E-state index contributed by atoms with van der Waals surface area (Å²) in [5, 5.41) is 0. The van der Waals surface area contributed by atoms with Crippen LogP contribution in [0.15, 0.2) is 89.4 Å². The third kappa shape index (κ3) is 5.48. The molecular weight excluding hydrogens is 432 g/mol. The van der Waals surface area contributed by atoms with Gasteiger partial charge in [-0.15, -0.1) is 0 Å². The molecule has 1 saturated heterocycles. The zero-order chi connectivity index (χ0) is 20.8. The summed E-state index contributed by atoms with van der Waals surface area (Å²) in [5.74, 6) is 0. The van der Waals surface area contributed by atoms with Crippen molar-refractivity contribution in [2.75, 3.05) is 32.7 Å². The SMILES string of the molecule is CC(c1ccc(-c2ccc(Br)cc2)cc1)N1CCN(CC=Cc2ccccc2)CC1. The monoisotopic (exact) mass is 460 g/mol. The molecular formula is C27H29BrN2. The van der Waals surface area contributed by atoms with Gasteiger partial charge in [-0.3, -0.25) is 9.80 Å². The van der Waals surface area contributed by atoms with Crippen molar-refractivity contribution < 1.29 is 0 Å². The lowest BCUT2D eigenvalue weighted by atomic mass is 10.0. The lowest BCUT2D eigenvalue weighted by molar-refractivity contribution is 0.110. The first kappa shape index (κ1) is 21.0. The zero-order valence-electron chi connectivity index (χ0n) is 17.5. The summed E-state index contributed by atoms with van der Waals surface area (Å²) in [4.78, 5) is 5.14. The van der Waals surface area contributed by atoms with E-state index in [2.05, 4.69) is 124 Å². The molecule has 1 fully saturated rings. The molecule has 2 nitrogen and oxygen atoms in total. The Hall–Kier alpha value is -2.20. The molecule has 154 valence electrons. The molecule has 0 amide bonds. The zero-order valence-corrected chi connectivity index (χ0v) is 19.1. The predicted molar refractivity (Wildman–Crippen MR) is 131 cm³/mol. The van der Waals surface area contributed by atoms with Gasteiger partial charge in [0.25, 0.3) is 0 Å². The summed E-state index contributed by atoms with van der Waals surface area (Å²) in [6.07, 6.45) is 4.51. The molecule has 1 aliphatic rings. The highest BCUT2D eigenvalue weighted by atomic mass is 79.9. The maximum atomic E-state index is 3.51. The average molecular weight is 461 g/mol. The predicted octanol–water partition coefficient (Wildman–Crippen LogP) is 6.51. The summed E-state index contributed by atoms with van der Waals surface area (Å²) in [5.41, 5.74) is 5.20. The standard InChI is InChI=1S/C27H29BrN2/c1-22(24-9-11-25(12-10-24)26-13-15-27(28)16-14-26)30-20-18-29(19-21-30)17-5-8-23-6-3-2-4-7-23/h2-16,22H,17-21H2,1H3. The van der Waals surface area contributed by atoms with Crippen molar-refractivity contribution in [3.8, 4) is 11.1 Å². The molecule has 1 atom stereocenters. The number of rotatable bonds is 6. The van der Waals surface area contributed by atoms with Crippen LogP contribution in [0, 0.1) is 0 Å². The summed E-state index contributed by atoms with van der Waals surface area (Å²) in [6, 6.07) is 28.6. The second-order valence-electron chi connectivity index (χ2n) is 7.95. The Balaban J connectivity index is 1.29. The Morgan fingerprint density at radius 2 is 1.40 bits per heavy atom. The fraction of sp³-hybridized carbons (Fsp3) is 0.259. The van der Waals surface area contributed by atoms with Gasteiger partial charge in [-0.1, -0.05) is 94.8 Å². The van der Waals surface area contributed by atoms with Gasteiger partial charge < -0.3 is 0 Å². The molecule has 30 heavy (non-hydrogen) atoms. The van der Waals surface area contributed by atoms with E-state index in [0.29, 0.717) is 6.04 Å². The Morgan fingerprint density at radius 1 is 0.800 bits per heavy atom. The maximum absolute atomic E-state index is 3.51. The van der Waals surface area contributed by atoms with Gasteiger partial charge in [0, 0.05) is 43.2 Å². The van der Waals surface area contributed by atoms with Crippen molar-refractivity contribution in [2.45, 2.75) is 13.0 Å².